The molecule has 0 spiro atoms. The van der Waals surface area contributed by atoms with Crippen molar-refractivity contribution in [2.75, 3.05) is 19.9 Å². The van der Waals surface area contributed by atoms with Crippen molar-refractivity contribution in [3.63, 3.8) is 0 Å². The number of hydrazine groups is 1. The second-order valence-electron chi connectivity index (χ2n) is 5.76. The molecule has 10 heteroatoms. The molecule has 0 aromatic carbocycles. The molecule has 1 heterocycles. The zero-order valence-corrected chi connectivity index (χ0v) is 12.9. The maximum absolute atomic E-state index is 11.6. The average molecular weight is 319 g/mol. The second kappa shape index (κ2) is 7.66. The van der Waals surface area contributed by atoms with Crippen molar-refractivity contribution >= 4 is 12.1 Å². The molecule has 0 aromatic heterocycles. The van der Waals surface area contributed by atoms with Crippen LogP contribution in [-0.4, -0.2) is 52.7 Å². The van der Waals surface area contributed by atoms with Gasteiger partial charge in [0.25, 0.3) is 6.79 Å². The fourth-order valence-electron chi connectivity index (χ4n) is 1.76. The molecule has 1 rings (SSSR count). The van der Waals surface area contributed by atoms with Gasteiger partial charge in [0.05, 0.1) is 24.0 Å². The van der Waals surface area contributed by atoms with Gasteiger partial charge in [-0.15, -0.1) is 5.01 Å². The van der Waals surface area contributed by atoms with Crippen molar-refractivity contribution in [1.82, 2.24) is 5.01 Å². The van der Waals surface area contributed by atoms with Crippen molar-refractivity contribution in [2.45, 2.75) is 39.2 Å². The molecule has 1 saturated heterocycles. The number of carboxylic acid groups (broad SMARTS) is 1. The van der Waals surface area contributed by atoms with Gasteiger partial charge in [0.1, 0.15) is 5.60 Å². The Morgan fingerprint density at radius 2 is 1.95 bits per heavy atom. The monoisotopic (exact) mass is 319 g/mol. The molecule has 0 atom stereocenters. The van der Waals surface area contributed by atoms with E-state index in [0.717, 1.165) is 0 Å². The molecule has 0 saturated carbocycles. The molecule has 10 nitrogen and oxygen atoms in total. The van der Waals surface area contributed by atoms with Crippen LogP contribution in [0, 0.1) is 11.1 Å². The van der Waals surface area contributed by atoms with E-state index >= 15 is 0 Å². The van der Waals surface area contributed by atoms with Crippen LogP contribution in [0.3, 0.4) is 0 Å². The minimum absolute atomic E-state index is 0.219. The number of nitrogens with zero attached hydrogens (tertiary/aromatic N) is 3. The highest BCUT2D eigenvalue weighted by molar-refractivity contribution is 5.70. The number of hydrogen-bond donors (Lipinski definition) is 1. The zero-order chi connectivity index (χ0) is 16.8. The van der Waals surface area contributed by atoms with Crippen LogP contribution >= 0.6 is 0 Å². The molecule has 0 amide bonds. The number of ether oxygens (including phenoxy) is 2. The van der Waals surface area contributed by atoms with E-state index in [-0.39, 0.29) is 18.1 Å². The van der Waals surface area contributed by atoms with Gasteiger partial charge in [-0.2, -0.15) is 0 Å². The zero-order valence-electron chi connectivity index (χ0n) is 12.9. The second-order valence-corrected chi connectivity index (χ2v) is 5.76. The Hall–Kier alpha value is -2.26. The van der Waals surface area contributed by atoms with Crippen LogP contribution in [0.4, 0.5) is 4.79 Å². The summed E-state index contributed by atoms with van der Waals surface area (Å²) in [4.78, 5) is 26.8. The number of carboxylic acids is 1. The fourth-order valence-corrected chi connectivity index (χ4v) is 1.76. The number of piperidine rings is 1. The van der Waals surface area contributed by atoms with E-state index < -0.39 is 30.4 Å². The summed E-state index contributed by atoms with van der Waals surface area (Å²) in [7, 11) is 0. The quantitative estimate of drug-likeness (QED) is 0.202. The molecule has 0 aliphatic carbocycles. The van der Waals surface area contributed by atoms with Crippen LogP contribution in [0.15, 0.2) is 5.28 Å². The van der Waals surface area contributed by atoms with Gasteiger partial charge in [-0.1, -0.05) is 0 Å². The SMILES string of the molecule is CC(C)(C)OC(=O)OCON=[N+]([O-])N1CCC(C(=O)O)CC1. The van der Waals surface area contributed by atoms with Crippen LogP contribution in [-0.2, 0) is 19.1 Å². The van der Waals surface area contributed by atoms with E-state index in [1.54, 1.807) is 20.8 Å². The van der Waals surface area contributed by atoms with Crippen LogP contribution in [0.1, 0.15) is 33.6 Å². The Labute approximate surface area is 127 Å². The fraction of sp³-hybridized carbons (Fsp3) is 0.833. The number of carbonyl (C=O) groups is 2. The molecule has 0 radical (unpaired) electrons. The third kappa shape index (κ3) is 6.46. The molecule has 1 aliphatic heterocycles. The maximum Gasteiger partial charge on any atom is 0.511 e. The van der Waals surface area contributed by atoms with Crippen LogP contribution in [0.25, 0.3) is 0 Å². The summed E-state index contributed by atoms with van der Waals surface area (Å²) in [5, 5.41) is 24.9. The van der Waals surface area contributed by atoms with Crippen LogP contribution in [0.5, 0.6) is 0 Å². The van der Waals surface area contributed by atoms with Crippen molar-refractivity contribution in [3.8, 4) is 0 Å². The minimum Gasteiger partial charge on any atom is -0.569 e. The van der Waals surface area contributed by atoms with Gasteiger partial charge in [-0.25, -0.2) is 4.79 Å². The minimum atomic E-state index is -0.928. The Morgan fingerprint density at radius 3 is 2.45 bits per heavy atom. The average Bonchev–Trinajstić information content (AvgIpc) is 2.41. The Kier molecular flexibility index (Phi) is 6.20. The molecular weight excluding hydrogens is 298 g/mol. The summed E-state index contributed by atoms with van der Waals surface area (Å²) >= 11 is 0. The van der Waals surface area contributed by atoms with Gasteiger partial charge in [-0.05, 0) is 33.6 Å². The third-order valence-electron chi connectivity index (χ3n) is 2.81. The lowest BCUT2D eigenvalue weighted by atomic mass is 9.98. The number of rotatable bonds is 5. The summed E-state index contributed by atoms with van der Waals surface area (Å²) in [6.07, 6.45) is -0.210. The van der Waals surface area contributed by atoms with E-state index in [4.69, 9.17) is 9.84 Å². The highest BCUT2D eigenvalue weighted by Gasteiger charge is 2.28. The highest BCUT2D eigenvalue weighted by Crippen LogP contribution is 2.17. The van der Waals surface area contributed by atoms with Gasteiger partial charge >= 0.3 is 12.1 Å². The summed E-state index contributed by atoms with van der Waals surface area (Å²) in [5.74, 6) is -1.31. The van der Waals surface area contributed by atoms with E-state index in [1.807, 2.05) is 0 Å². The third-order valence-corrected chi connectivity index (χ3v) is 2.81. The normalized spacial score (nSPS) is 17.0. The molecular formula is C12H21N3O7. The van der Waals surface area contributed by atoms with E-state index in [2.05, 4.69) is 14.9 Å². The first-order valence-corrected chi connectivity index (χ1v) is 6.82. The summed E-state index contributed by atoms with van der Waals surface area (Å²) in [5.41, 5.74) is -0.687. The van der Waals surface area contributed by atoms with Crippen molar-refractivity contribution in [2.24, 2.45) is 11.2 Å². The molecule has 0 unspecified atom stereocenters. The lowest BCUT2D eigenvalue weighted by Gasteiger charge is -2.25. The Bertz CT molecular complexity index is 425. The lowest BCUT2D eigenvalue weighted by molar-refractivity contribution is -0.713. The molecule has 22 heavy (non-hydrogen) atoms. The molecule has 0 bridgehead atoms. The number of aliphatic carboxylic acids is 1. The summed E-state index contributed by atoms with van der Waals surface area (Å²) < 4.78 is 9.42. The highest BCUT2D eigenvalue weighted by atomic mass is 16.8. The first kappa shape index (κ1) is 17.8. The first-order valence-electron chi connectivity index (χ1n) is 6.82. The lowest BCUT2D eigenvalue weighted by Crippen LogP contribution is -2.40. The molecule has 1 fully saturated rings. The summed E-state index contributed by atoms with van der Waals surface area (Å²) in [6, 6.07) is 0. The topological polar surface area (TPSA) is 124 Å². The largest absolute Gasteiger partial charge is 0.569 e. The number of hydrogen-bond acceptors (Lipinski definition) is 7. The smallest absolute Gasteiger partial charge is 0.511 e. The standard InChI is InChI=1S/C12H21N3O7/c1-12(2,3)22-11(18)20-8-21-13-15(19)14-6-4-9(5-7-14)10(16)17/h9H,4-8H2,1-3H3,(H,16,17). The molecule has 1 N–H and O–H groups in total. The van der Waals surface area contributed by atoms with Crippen molar-refractivity contribution in [3.05, 3.63) is 5.21 Å². The van der Waals surface area contributed by atoms with Gasteiger partial charge in [-0.3, -0.25) is 4.79 Å². The van der Waals surface area contributed by atoms with Gasteiger partial charge in [0.2, 0.25) is 5.28 Å². The van der Waals surface area contributed by atoms with E-state index in [1.165, 1.54) is 5.01 Å². The maximum atomic E-state index is 11.6. The van der Waals surface area contributed by atoms with Crippen molar-refractivity contribution in [1.29, 1.82) is 0 Å². The van der Waals surface area contributed by atoms with Gasteiger partial charge in [0.15, 0.2) is 0 Å². The van der Waals surface area contributed by atoms with Gasteiger partial charge < -0.3 is 24.6 Å². The predicted molar refractivity (Wildman–Crippen MR) is 71.3 cm³/mol. The Balaban J connectivity index is 2.26. The van der Waals surface area contributed by atoms with Gasteiger partial charge in [0, 0.05) is 0 Å². The van der Waals surface area contributed by atoms with E-state index in [9.17, 15) is 14.8 Å². The summed E-state index contributed by atoms with van der Waals surface area (Å²) in [6.45, 7) is 5.01. The Morgan fingerprint density at radius 1 is 1.36 bits per heavy atom. The first-order chi connectivity index (χ1) is 10.2. The molecule has 1 aliphatic rings. The van der Waals surface area contributed by atoms with Crippen LogP contribution in [0.2, 0.25) is 0 Å². The van der Waals surface area contributed by atoms with Crippen molar-refractivity contribution < 1.29 is 34.0 Å². The van der Waals surface area contributed by atoms with Crippen LogP contribution < -0.4 is 0 Å². The van der Waals surface area contributed by atoms with E-state index in [0.29, 0.717) is 12.8 Å². The molecule has 126 valence electrons. The predicted octanol–water partition coefficient (Wildman–Crippen LogP) is 1.50. The number of carbonyl (C=O) groups excluding carboxylic acids is 1. The molecule has 0 aromatic rings.